The molecular formula is C24H22N4O4S. The molecule has 0 radical (unpaired) electrons. The first-order valence-electron chi connectivity index (χ1n) is 10.4. The third kappa shape index (κ3) is 3.54. The first kappa shape index (κ1) is 21.1. The molecule has 1 aliphatic carbocycles. The molecular weight excluding hydrogens is 440 g/mol. The summed E-state index contributed by atoms with van der Waals surface area (Å²) in [5.41, 5.74) is 1.83. The van der Waals surface area contributed by atoms with Gasteiger partial charge in [-0.05, 0) is 48.7 Å². The Labute approximate surface area is 191 Å². The van der Waals surface area contributed by atoms with Crippen LogP contribution in [-0.2, 0) is 27.3 Å². The monoisotopic (exact) mass is 462 g/mol. The lowest BCUT2D eigenvalue weighted by Crippen LogP contribution is -2.39. The number of benzene rings is 2. The van der Waals surface area contributed by atoms with E-state index in [1.165, 1.54) is 6.07 Å². The fourth-order valence-electron chi connectivity index (χ4n) is 4.30. The molecule has 2 aromatic carbocycles. The number of hydrogen-bond donors (Lipinski definition) is 1. The largest absolute Gasteiger partial charge is 0.496 e. The molecule has 1 aliphatic rings. The van der Waals surface area contributed by atoms with Crippen molar-refractivity contribution in [1.29, 1.82) is 0 Å². The number of sulfonamides is 1. The van der Waals surface area contributed by atoms with Crippen molar-refractivity contribution < 1.29 is 17.9 Å². The number of fused-ring (bicyclic) bond motifs is 1. The van der Waals surface area contributed by atoms with Crippen LogP contribution in [0.3, 0.4) is 0 Å². The van der Waals surface area contributed by atoms with Gasteiger partial charge in [-0.1, -0.05) is 18.2 Å². The van der Waals surface area contributed by atoms with Gasteiger partial charge in [0.25, 0.3) is 10.0 Å². The number of amides is 1. The molecule has 0 unspecified atom stereocenters. The molecule has 0 atom stereocenters. The van der Waals surface area contributed by atoms with E-state index in [0.29, 0.717) is 35.1 Å². The van der Waals surface area contributed by atoms with Gasteiger partial charge >= 0.3 is 0 Å². The lowest BCUT2D eigenvalue weighted by atomic mass is 9.87. The smallest absolute Gasteiger partial charge is 0.264 e. The van der Waals surface area contributed by atoms with E-state index < -0.39 is 21.3 Å². The summed E-state index contributed by atoms with van der Waals surface area (Å²) in [5, 5.41) is 4.70. The molecule has 4 aromatic rings. The van der Waals surface area contributed by atoms with Gasteiger partial charge in [0, 0.05) is 36.0 Å². The third-order valence-corrected chi connectivity index (χ3v) is 7.44. The molecule has 1 amide bonds. The topological polar surface area (TPSA) is 103 Å². The van der Waals surface area contributed by atoms with E-state index in [4.69, 9.17) is 4.74 Å². The Morgan fingerprint density at radius 2 is 1.91 bits per heavy atom. The molecule has 0 aliphatic heterocycles. The van der Waals surface area contributed by atoms with Crippen LogP contribution in [0.25, 0.3) is 22.0 Å². The summed E-state index contributed by atoms with van der Waals surface area (Å²) in [7, 11) is -0.772. The van der Waals surface area contributed by atoms with E-state index >= 15 is 0 Å². The van der Waals surface area contributed by atoms with Gasteiger partial charge in [0.05, 0.1) is 29.1 Å². The molecule has 1 N–H and O–H groups in total. The van der Waals surface area contributed by atoms with Crippen LogP contribution in [-0.4, -0.2) is 36.2 Å². The Morgan fingerprint density at radius 3 is 2.61 bits per heavy atom. The Kier molecular flexibility index (Phi) is 4.93. The lowest BCUT2D eigenvalue weighted by Gasteiger charge is -2.22. The van der Waals surface area contributed by atoms with Crippen molar-refractivity contribution in [2.24, 2.45) is 7.05 Å². The van der Waals surface area contributed by atoms with Crippen LogP contribution in [0, 0.1) is 0 Å². The number of aromatic nitrogens is 3. The van der Waals surface area contributed by atoms with E-state index in [-0.39, 0.29) is 4.90 Å². The second-order valence-electron chi connectivity index (χ2n) is 8.13. The number of methoxy groups -OCH3 is 1. The summed E-state index contributed by atoms with van der Waals surface area (Å²) in [6.45, 7) is 0. The number of ether oxygens (including phenoxy) is 1. The molecule has 33 heavy (non-hydrogen) atoms. The normalized spacial score (nSPS) is 14.7. The Hall–Kier alpha value is -3.72. The molecule has 9 heteroatoms. The van der Waals surface area contributed by atoms with E-state index in [0.717, 1.165) is 11.1 Å². The highest BCUT2D eigenvalue weighted by molar-refractivity contribution is 7.90. The summed E-state index contributed by atoms with van der Waals surface area (Å²) >= 11 is 0. The van der Waals surface area contributed by atoms with Crippen LogP contribution in [0.5, 0.6) is 5.75 Å². The standard InChI is InChI=1S/C24H22N4O4S/c1-28-15-16(14-26-28)17-6-3-9-20(32-2)22(17)24(11-12-24)23(29)27-33(30,31)21-10-4-8-19-18(21)7-5-13-25-19/h3-10,13-15H,11-12H2,1-2H3,(H,27,29). The van der Waals surface area contributed by atoms with Crippen LogP contribution in [0.1, 0.15) is 18.4 Å². The zero-order chi connectivity index (χ0) is 23.2. The highest BCUT2D eigenvalue weighted by atomic mass is 32.2. The van der Waals surface area contributed by atoms with Crippen LogP contribution in [0.4, 0.5) is 0 Å². The average Bonchev–Trinajstić information content (AvgIpc) is 3.52. The number of pyridine rings is 1. The highest BCUT2D eigenvalue weighted by Crippen LogP contribution is 2.54. The number of carbonyl (C=O) groups is 1. The van der Waals surface area contributed by atoms with Crippen molar-refractivity contribution in [3.8, 4) is 16.9 Å². The number of carbonyl (C=O) groups excluding carboxylic acids is 1. The minimum Gasteiger partial charge on any atom is -0.496 e. The Bertz CT molecular complexity index is 1480. The van der Waals surface area contributed by atoms with Crippen LogP contribution in [0.15, 0.2) is 72.0 Å². The van der Waals surface area contributed by atoms with Crippen molar-refractivity contribution in [2.75, 3.05) is 7.11 Å². The minimum absolute atomic E-state index is 0.0183. The van der Waals surface area contributed by atoms with Crippen molar-refractivity contribution >= 4 is 26.8 Å². The summed E-state index contributed by atoms with van der Waals surface area (Å²) in [6.07, 6.45) is 6.19. The predicted molar refractivity (Wildman–Crippen MR) is 123 cm³/mol. The summed E-state index contributed by atoms with van der Waals surface area (Å²) in [5.74, 6) is -0.0335. The molecule has 0 spiro atoms. The second-order valence-corrected chi connectivity index (χ2v) is 9.78. The van der Waals surface area contributed by atoms with Gasteiger partial charge in [-0.15, -0.1) is 0 Å². The molecule has 0 bridgehead atoms. The van der Waals surface area contributed by atoms with Crippen LogP contribution in [0.2, 0.25) is 0 Å². The molecule has 2 heterocycles. The van der Waals surface area contributed by atoms with Crippen molar-refractivity contribution in [3.05, 3.63) is 72.7 Å². The fourth-order valence-corrected chi connectivity index (χ4v) is 5.56. The van der Waals surface area contributed by atoms with Gasteiger partial charge in [0.2, 0.25) is 5.91 Å². The van der Waals surface area contributed by atoms with Gasteiger partial charge in [-0.3, -0.25) is 14.5 Å². The maximum absolute atomic E-state index is 13.5. The summed E-state index contributed by atoms with van der Waals surface area (Å²) in [4.78, 5) is 17.8. The van der Waals surface area contributed by atoms with E-state index in [1.54, 1.807) is 54.5 Å². The number of rotatable bonds is 6. The first-order valence-corrected chi connectivity index (χ1v) is 11.9. The zero-order valence-corrected chi connectivity index (χ0v) is 19.0. The molecule has 0 saturated heterocycles. The van der Waals surface area contributed by atoms with Gasteiger partial charge in [0.15, 0.2) is 0 Å². The molecule has 5 rings (SSSR count). The minimum atomic E-state index is -4.13. The lowest BCUT2D eigenvalue weighted by molar-refractivity contribution is -0.121. The molecule has 1 saturated carbocycles. The molecule has 8 nitrogen and oxygen atoms in total. The Morgan fingerprint density at radius 1 is 1.12 bits per heavy atom. The average molecular weight is 463 g/mol. The van der Waals surface area contributed by atoms with Crippen LogP contribution >= 0.6 is 0 Å². The number of nitrogens with zero attached hydrogens (tertiary/aromatic N) is 3. The predicted octanol–water partition coefficient (Wildman–Crippen LogP) is 3.18. The number of hydrogen-bond acceptors (Lipinski definition) is 6. The van der Waals surface area contributed by atoms with Gasteiger partial charge in [-0.25, -0.2) is 13.1 Å². The van der Waals surface area contributed by atoms with E-state index in [9.17, 15) is 13.2 Å². The molecule has 168 valence electrons. The SMILES string of the molecule is COc1cccc(-c2cnn(C)c2)c1C1(C(=O)NS(=O)(=O)c2cccc3ncccc23)CC1. The maximum atomic E-state index is 13.5. The fraction of sp³-hybridized carbons (Fsp3) is 0.208. The quantitative estimate of drug-likeness (QED) is 0.472. The van der Waals surface area contributed by atoms with Crippen molar-refractivity contribution in [3.63, 3.8) is 0 Å². The number of nitrogens with one attached hydrogen (secondary N) is 1. The second kappa shape index (κ2) is 7.70. The highest BCUT2D eigenvalue weighted by Gasteiger charge is 2.55. The third-order valence-electron chi connectivity index (χ3n) is 6.05. The van der Waals surface area contributed by atoms with E-state index in [1.807, 2.05) is 25.4 Å². The zero-order valence-electron chi connectivity index (χ0n) is 18.1. The first-order chi connectivity index (χ1) is 15.9. The molecule has 1 fully saturated rings. The summed E-state index contributed by atoms with van der Waals surface area (Å²) in [6, 6.07) is 13.7. The van der Waals surface area contributed by atoms with Crippen molar-refractivity contribution in [1.82, 2.24) is 19.5 Å². The van der Waals surface area contributed by atoms with E-state index in [2.05, 4.69) is 14.8 Å². The van der Waals surface area contributed by atoms with Crippen LogP contribution < -0.4 is 9.46 Å². The van der Waals surface area contributed by atoms with Gasteiger partial charge in [0.1, 0.15) is 5.75 Å². The van der Waals surface area contributed by atoms with Gasteiger partial charge < -0.3 is 4.74 Å². The van der Waals surface area contributed by atoms with Gasteiger partial charge in [-0.2, -0.15) is 5.10 Å². The Balaban J connectivity index is 1.56. The maximum Gasteiger partial charge on any atom is 0.264 e. The van der Waals surface area contributed by atoms with Crippen molar-refractivity contribution in [2.45, 2.75) is 23.2 Å². The number of aryl methyl sites for hydroxylation is 1. The molecule has 2 aromatic heterocycles. The summed E-state index contributed by atoms with van der Waals surface area (Å²) < 4.78 is 36.1.